The van der Waals surface area contributed by atoms with Gasteiger partial charge >= 0.3 is 6.18 Å². The molecule has 4 rings (SSSR count). The highest BCUT2D eigenvalue weighted by Gasteiger charge is 2.38. The number of para-hydroxylation sites is 2. The van der Waals surface area contributed by atoms with Crippen LogP contribution in [0.5, 0.6) is 0 Å². The fourth-order valence-corrected chi connectivity index (χ4v) is 3.88. The molecule has 9 heteroatoms. The average molecular weight is 417 g/mol. The summed E-state index contributed by atoms with van der Waals surface area (Å²) in [6, 6.07) is 12.0. The first-order valence-electron chi connectivity index (χ1n) is 9.86. The Labute approximate surface area is 171 Å². The first-order valence-corrected chi connectivity index (χ1v) is 9.86. The number of likely N-dealkylation sites (tertiary alicyclic amines) is 1. The lowest BCUT2D eigenvalue weighted by Crippen LogP contribution is -2.40. The molecule has 1 aliphatic heterocycles. The Morgan fingerprint density at radius 1 is 1.10 bits per heavy atom. The predicted octanol–water partition coefficient (Wildman–Crippen LogP) is 3.80. The third-order valence-corrected chi connectivity index (χ3v) is 5.36. The van der Waals surface area contributed by atoms with Crippen LogP contribution in [0.4, 0.5) is 19.0 Å². The lowest BCUT2D eigenvalue weighted by atomic mass is 9.96. The maximum Gasteiger partial charge on any atom is 0.449 e. The summed E-state index contributed by atoms with van der Waals surface area (Å²) in [5, 5.41) is 2.75. The van der Waals surface area contributed by atoms with Crippen LogP contribution >= 0.6 is 0 Å². The van der Waals surface area contributed by atoms with Crippen molar-refractivity contribution in [3.05, 3.63) is 54.5 Å². The highest BCUT2D eigenvalue weighted by atomic mass is 19.4. The molecule has 0 radical (unpaired) electrons. The fourth-order valence-electron chi connectivity index (χ4n) is 3.88. The van der Waals surface area contributed by atoms with Crippen molar-refractivity contribution in [3.8, 4) is 0 Å². The molecule has 158 valence electrons. The summed E-state index contributed by atoms with van der Waals surface area (Å²) in [6.45, 7) is 1.83. The number of nitrogens with one attached hydrogen (secondary N) is 1. The molecule has 0 saturated carbocycles. The summed E-state index contributed by atoms with van der Waals surface area (Å²) < 4.78 is 41.7. The van der Waals surface area contributed by atoms with Crippen LogP contribution in [0.15, 0.2) is 48.7 Å². The number of fused-ring (bicyclic) bond motifs is 1. The SMILES string of the molecule is O=C(CN1CCC(Cn2c(C(F)(F)F)nc3ccccc32)CC1)Nc1ccccn1. The second kappa shape index (κ2) is 8.43. The van der Waals surface area contributed by atoms with E-state index in [1.54, 1.807) is 48.7 Å². The van der Waals surface area contributed by atoms with E-state index in [0.717, 1.165) is 12.8 Å². The maximum atomic E-state index is 13.5. The molecule has 2 aromatic heterocycles. The number of aromatic nitrogens is 3. The van der Waals surface area contributed by atoms with Gasteiger partial charge in [0.05, 0.1) is 17.6 Å². The molecule has 1 aromatic carbocycles. The third-order valence-electron chi connectivity index (χ3n) is 5.36. The van der Waals surface area contributed by atoms with Crippen molar-refractivity contribution in [1.82, 2.24) is 19.4 Å². The van der Waals surface area contributed by atoms with Crippen molar-refractivity contribution in [2.45, 2.75) is 25.6 Å². The van der Waals surface area contributed by atoms with E-state index in [2.05, 4.69) is 15.3 Å². The van der Waals surface area contributed by atoms with Crippen LogP contribution in [0.1, 0.15) is 18.7 Å². The Morgan fingerprint density at radius 3 is 2.53 bits per heavy atom. The Kier molecular flexibility index (Phi) is 5.72. The predicted molar refractivity (Wildman–Crippen MR) is 107 cm³/mol. The Bertz CT molecular complexity index is 1010. The molecule has 1 fully saturated rings. The van der Waals surface area contributed by atoms with Gasteiger partial charge in [-0.25, -0.2) is 9.97 Å². The monoisotopic (exact) mass is 417 g/mol. The van der Waals surface area contributed by atoms with Gasteiger partial charge in [0.15, 0.2) is 0 Å². The number of hydrogen-bond acceptors (Lipinski definition) is 4. The minimum atomic E-state index is -4.50. The summed E-state index contributed by atoms with van der Waals surface area (Å²) in [7, 11) is 0. The molecule has 30 heavy (non-hydrogen) atoms. The molecule has 0 unspecified atom stereocenters. The number of piperidine rings is 1. The zero-order chi connectivity index (χ0) is 21.1. The van der Waals surface area contributed by atoms with E-state index < -0.39 is 12.0 Å². The van der Waals surface area contributed by atoms with E-state index in [1.165, 1.54) is 4.57 Å². The van der Waals surface area contributed by atoms with Crippen molar-refractivity contribution in [2.75, 3.05) is 25.0 Å². The number of anilines is 1. The number of carbonyl (C=O) groups excluding carboxylic acids is 1. The first-order chi connectivity index (χ1) is 14.4. The van der Waals surface area contributed by atoms with Gasteiger partial charge in [0.1, 0.15) is 5.82 Å². The molecule has 1 saturated heterocycles. The molecule has 3 heterocycles. The van der Waals surface area contributed by atoms with E-state index in [-0.39, 0.29) is 24.9 Å². The number of rotatable bonds is 5. The molecule has 1 aliphatic rings. The molecule has 0 spiro atoms. The number of carbonyl (C=O) groups is 1. The van der Waals surface area contributed by atoms with Gasteiger partial charge in [-0.1, -0.05) is 18.2 Å². The van der Waals surface area contributed by atoms with Crippen LogP contribution in [0.2, 0.25) is 0 Å². The lowest BCUT2D eigenvalue weighted by molar-refractivity contribution is -0.147. The summed E-state index contributed by atoms with van der Waals surface area (Å²) in [5.41, 5.74) is 0.857. The van der Waals surface area contributed by atoms with Crippen LogP contribution in [0.3, 0.4) is 0 Å². The molecule has 3 aromatic rings. The zero-order valence-corrected chi connectivity index (χ0v) is 16.3. The number of benzene rings is 1. The number of pyridine rings is 1. The molecule has 0 bridgehead atoms. The Hall–Kier alpha value is -2.94. The average Bonchev–Trinajstić information content (AvgIpc) is 3.09. The molecule has 1 amide bonds. The molecule has 1 N–H and O–H groups in total. The van der Waals surface area contributed by atoms with Crippen LogP contribution in [-0.4, -0.2) is 45.0 Å². The number of imidazole rings is 1. The van der Waals surface area contributed by atoms with Gasteiger partial charge in [-0.15, -0.1) is 0 Å². The van der Waals surface area contributed by atoms with Gasteiger partial charge in [0, 0.05) is 12.7 Å². The van der Waals surface area contributed by atoms with E-state index in [4.69, 9.17) is 0 Å². The number of halogens is 3. The van der Waals surface area contributed by atoms with Crippen molar-refractivity contribution in [3.63, 3.8) is 0 Å². The smallest absolute Gasteiger partial charge is 0.320 e. The number of amides is 1. The van der Waals surface area contributed by atoms with Crippen molar-refractivity contribution in [1.29, 1.82) is 0 Å². The van der Waals surface area contributed by atoms with Crippen LogP contribution in [-0.2, 0) is 17.5 Å². The highest BCUT2D eigenvalue weighted by molar-refractivity contribution is 5.91. The molecular weight excluding hydrogens is 395 g/mol. The quantitative estimate of drug-likeness (QED) is 0.686. The van der Waals surface area contributed by atoms with E-state index in [9.17, 15) is 18.0 Å². The highest BCUT2D eigenvalue weighted by Crippen LogP contribution is 2.33. The lowest BCUT2D eigenvalue weighted by Gasteiger charge is -2.32. The van der Waals surface area contributed by atoms with Gasteiger partial charge in [-0.05, 0) is 56.1 Å². The number of hydrogen-bond donors (Lipinski definition) is 1. The minimum absolute atomic E-state index is 0.0961. The van der Waals surface area contributed by atoms with Gasteiger partial charge in [0.25, 0.3) is 0 Å². The van der Waals surface area contributed by atoms with Crippen LogP contribution in [0.25, 0.3) is 11.0 Å². The second-order valence-electron chi connectivity index (χ2n) is 7.52. The van der Waals surface area contributed by atoms with Crippen molar-refractivity contribution >= 4 is 22.8 Å². The summed E-state index contributed by atoms with van der Waals surface area (Å²) >= 11 is 0. The topological polar surface area (TPSA) is 63.1 Å². The zero-order valence-electron chi connectivity index (χ0n) is 16.3. The van der Waals surface area contributed by atoms with E-state index in [1.807, 2.05) is 4.90 Å². The second-order valence-corrected chi connectivity index (χ2v) is 7.52. The minimum Gasteiger partial charge on any atom is -0.320 e. The van der Waals surface area contributed by atoms with Gasteiger partial charge < -0.3 is 9.88 Å². The van der Waals surface area contributed by atoms with Gasteiger partial charge in [0.2, 0.25) is 11.7 Å². The van der Waals surface area contributed by atoms with Gasteiger partial charge in [-0.2, -0.15) is 13.2 Å². The fraction of sp³-hybridized carbons (Fsp3) is 0.381. The van der Waals surface area contributed by atoms with Crippen molar-refractivity contribution < 1.29 is 18.0 Å². The maximum absolute atomic E-state index is 13.5. The van der Waals surface area contributed by atoms with E-state index >= 15 is 0 Å². The van der Waals surface area contributed by atoms with Gasteiger partial charge in [-0.3, -0.25) is 9.69 Å². The van der Waals surface area contributed by atoms with Crippen LogP contribution in [0, 0.1) is 5.92 Å². The standard InChI is InChI=1S/C21H22F3N5O/c22-21(23,24)20-26-16-5-1-2-6-17(16)29(20)13-15-8-11-28(12-9-15)14-19(30)27-18-7-3-4-10-25-18/h1-7,10,15H,8-9,11-14H2,(H,25,27,30). The summed E-state index contributed by atoms with van der Waals surface area (Å²) in [6.07, 6.45) is -1.44. The molecule has 0 aliphatic carbocycles. The molecule has 6 nitrogen and oxygen atoms in total. The number of nitrogens with zero attached hydrogens (tertiary/aromatic N) is 4. The Morgan fingerprint density at radius 2 is 1.83 bits per heavy atom. The van der Waals surface area contributed by atoms with Crippen molar-refractivity contribution in [2.24, 2.45) is 5.92 Å². The summed E-state index contributed by atoms with van der Waals surface area (Å²) in [5.74, 6) is -0.393. The third kappa shape index (κ3) is 4.62. The van der Waals surface area contributed by atoms with E-state index in [0.29, 0.717) is 29.9 Å². The summed E-state index contributed by atoms with van der Waals surface area (Å²) in [4.78, 5) is 22.1. The largest absolute Gasteiger partial charge is 0.449 e. The number of alkyl halides is 3. The molecule has 0 atom stereocenters. The molecular formula is C21H22F3N5O. The Balaban J connectivity index is 1.37. The van der Waals surface area contributed by atoms with Crippen LogP contribution < -0.4 is 5.32 Å². The normalized spacial score (nSPS) is 16.1. The first kappa shape index (κ1) is 20.3.